The number of carbonyl (C=O) groups excluding carboxylic acids is 1. The van der Waals surface area contributed by atoms with E-state index in [9.17, 15) is 13.6 Å². The fraction of sp³-hybridized carbons (Fsp3) is 0.583. The quantitative estimate of drug-likeness (QED) is 0.746. The molecule has 1 amide bonds. The Balaban J connectivity index is 2.82. The molecule has 0 aromatic carbocycles. The minimum Gasteiger partial charge on any atom is -0.395 e. The first-order valence-corrected chi connectivity index (χ1v) is 6.32. The number of aliphatic hydroxyl groups is 1. The van der Waals surface area contributed by atoms with E-state index in [2.05, 4.69) is 15.3 Å². The van der Waals surface area contributed by atoms with Crippen LogP contribution in [0.2, 0.25) is 0 Å². The molecule has 0 unspecified atom stereocenters. The first-order chi connectivity index (χ1) is 9.58. The van der Waals surface area contributed by atoms with Crippen molar-refractivity contribution >= 4 is 11.7 Å². The molecule has 0 aliphatic rings. The number of halogens is 2. The number of nitrogens with one attached hydrogen (secondary N) is 1. The highest BCUT2D eigenvalue weighted by molar-refractivity contribution is 5.92. The Labute approximate surface area is 115 Å². The summed E-state index contributed by atoms with van der Waals surface area (Å²) >= 11 is 0. The van der Waals surface area contributed by atoms with Gasteiger partial charge in [-0.15, -0.1) is 0 Å². The lowest BCUT2D eigenvalue weighted by molar-refractivity contribution is 0.0504. The number of rotatable bonds is 8. The second kappa shape index (κ2) is 8.36. The summed E-state index contributed by atoms with van der Waals surface area (Å²) < 4.78 is 24.8. The predicted molar refractivity (Wildman–Crippen MR) is 69.8 cm³/mol. The highest BCUT2D eigenvalue weighted by Crippen LogP contribution is 2.07. The smallest absolute Gasteiger partial charge is 0.274 e. The van der Waals surface area contributed by atoms with Gasteiger partial charge >= 0.3 is 0 Å². The summed E-state index contributed by atoms with van der Waals surface area (Å²) in [4.78, 5) is 20.8. The summed E-state index contributed by atoms with van der Waals surface area (Å²) in [7, 11) is 0. The molecule has 8 heteroatoms. The van der Waals surface area contributed by atoms with Gasteiger partial charge in [0, 0.05) is 13.1 Å². The molecule has 0 bridgehead atoms. The van der Waals surface area contributed by atoms with Gasteiger partial charge in [-0.05, 0) is 6.42 Å². The molecule has 0 aliphatic carbocycles. The van der Waals surface area contributed by atoms with Gasteiger partial charge in [0.25, 0.3) is 12.3 Å². The highest BCUT2D eigenvalue weighted by atomic mass is 19.3. The molecule has 0 saturated heterocycles. The Hall–Kier alpha value is -1.83. The van der Waals surface area contributed by atoms with E-state index in [0.717, 1.165) is 11.3 Å². The number of hydrogen-bond acceptors (Lipinski definition) is 5. The van der Waals surface area contributed by atoms with Crippen LogP contribution in [0.15, 0.2) is 12.4 Å². The van der Waals surface area contributed by atoms with E-state index in [1.54, 1.807) is 0 Å². The van der Waals surface area contributed by atoms with Crippen molar-refractivity contribution in [2.45, 2.75) is 19.8 Å². The first-order valence-electron chi connectivity index (χ1n) is 6.32. The number of anilines is 1. The molecule has 0 radical (unpaired) electrons. The SMILES string of the molecule is CCCNc1cncc(C(=O)N(CCO)CC(F)F)n1. The van der Waals surface area contributed by atoms with E-state index in [-0.39, 0.29) is 18.8 Å². The fourth-order valence-electron chi connectivity index (χ4n) is 1.53. The molecular formula is C12H18F2N4O2. The number of carbonyl (C=O) groups is 1. The Morgan fingerprint density at radius 1 is 1.50 bits per heavy atom. The molecule has 1 aromatic heterocycles. The number of aromatic nitrogens is 2. The molecular weight excluding hydrogens is 270 g/mol. The molecule has 0 aliphatic heterocycles. The van der Waals surface area contributed by atoms with Crippen LogP contribution in [0.4, 0.5) is 14.6 Å². The number of nitrogens with zero attached hydrogens (tertiary/aromatic N) is 3. The molecule has 0 saturated carbocycles. The lowest BCUT2D eigenvalue weighted by Gasteiger charge is -2.20. The van der Waals surface area contributed by atoms with Crippen LogP contribution in [0.1, 0.15) is 23.8 Å². The second-order valence-corrected chi connectivity index (χ2v) is 4.08. The van der Waals surface area contributed by atoms with E-state index in [1.807, 2.05) is 6.92 Å². The van der Waals surface area contributed by atoms with Crippen molar-refractivity contribution in [1.82, 2.24) is 14.9 Å². The van der Waals surface area contributed by atoms with Crippen LogP contribution in [-0.2, 0) is 0 Å². The van der Waals surface area contributed by atoms with Crippen LogP contribution in [0.5, 0.6) is 0 Å². The fourth-order valence-corrected chi connectivity index (χ4v) is 1.53. The van der Waals surface area contributed by atoms with Gasteiger partial charge < -0.3 is 15.3 Å². The van der Waals surface area contributed by atoms with E-state index in [1.165, 1.54) is 12.4 Å². The third-order valence-corrected chi connectivity index (χ3v) is 2.43. The summed E-state index contributed by atoms with van der Waals surface area (Å²) in [6, 6.07) is 0. The molecule has 6 nitrogen and oxygen atoms in total. The van der Waals surface area contributed by atoms with Crippen LogP contribution < -0.4 is 5.32 Å². The van der Waals surface area contributed by atoms with E-state index in [0.29, 0.717) is 12.4 Å². The lowest BCUT2D eigenvalue weighted by Crippen LogP contribution is -2.37. The van der Waals surface area contributed by atoms with Crippen molar-refractivity contribution in [1.29, 1.82) is 0 Å². The third kappa shape index (κ3) is 5.04. The van der Waals surface area contributed by atoms with Gasteiger partial charge in [-0.2, -0.15) is 0 Å². The van der Waals surface area contributed by atoms with E-state index in [4.69, 9.17) is 5.11 Å². The van der Waals surface area contributed by atoms with Crippen LogP contribution in [0.25, 0.3) is 0 Å². The monoisotopic (exact) mass is 288 g/mol. The first kappa shape index (κ1) is 16.2. The summed E-state index contributed by atoms with van der Waals surface area (Å²) in [5.74, 6) is -0.259. The molecule has 112 valence electrons. The Kier molecular flexibility index (Phi) is 6.78. The zero-order valence-electron chi connectivity index (χ0n) is 11.2. The van der Waals surface area contributed by atoms with Crippen molar-refractivity contribution in [2.24, 2.45) is 0 Å². The largest absolute Gasteiger partial charge is 0.395 e. The molecule has 20 heavy (non-hydrogen) atoms. The second-order valence-electron chi connectivity index (χ2n) is 4.08. The van der Waals surface area contributed by atoms with Gasteiger partial charge in [-0.25, -0.2) is 13.8 Å². The van der Waals surface area contributed by atoms with Crippen LogP contribution >= 0.6 is 0 Å². The summed E-state index contributed by atoms with van der Waals surface area (Å²) in [6.45, 7) is 1.34. The number of hydrogen-bond donors (Lipinski definition) is 2. The van der Waals surface area contributed by atoms with Crippen molar-refractivity contribution in [3.63, 3.8) is 0 Å². The van der Waals surface area contributed by atoms with Crippen LogP contribution in [0.3, 0.4) is 0 Å². The van der Waals surface area contributed by atoms with Gasteiger partial charge in [-0.1, -0.05) is 6.92 Å². The normalized spacial score (nSPS) is 10.7. The number of amides is 1. The maximum atomic E-state index is 12.4. The van der Waals surface area contributed by atoms with E-state index >= 15 is 0 Å². The molecule has 1 heterocycles. The summed E-state index contributed by atoms with van der Waals surface area (Å²) in [6.07, 6.45) is 0.882. The van der Waals surface area contributed by atoms with Crippen molar-refractivity contribution in [3.8, 4) is 0 Å². The molecule has 2 N–H and O–H groups in total. The minimum absolute atomic E-state index is 0.0276. The Bertz CT molecular complexity index is 432. The average Bonchev–Trinajstić information content (AvgIpc) is 2.43. The van der Waals surface area contributed by atoms with Gasteiger partial charge in [0.1, 0.15) is 11.5 Å². The van der Waals surface area contributed by atoms with Gasteiger partial charge in [0.05, 0.1) is 25.5 Å². The lowest BCUT2D eigenvalue weighted by atomic mass is 10.3. The maximum absolute atomic E-state index is 12.4. The standard InChI is InChI=1S/C12H18F2N4O2/c1-2-3-16-11-7-15-6-9(17-11)12(20)18(4-5-19)8-10(13)14/h6-7,10,19H,2-5,8H2,1H3,(H,16,17). The van der Waals surface area contributed by atoms with Gasteiger partial charge in [0.2, 0.25) is 0 Å². The third-order valence-electron chi connectivity index (χ3n) is 2.43. The van der Waals surface area contributed by atoms with Gasteiger partial charge in [0.15, 0.2) is 0 Å². The van der Waals surface area contributed by atoms with Crippen molar-refractivity contribution in [2.75, 3.05) is 31.6 Å². The highest BCUT2D eigenvalue weighted by Gasteiger charge is 2.20. The molecule has 1 aromatic rings. The van der Waals surface area contributed by atoms with Crippen LogP contribution in [-0.4, -0.2) is 58.5 Å². The number of aliphatic hydroxyl groups excluding tert-OH is 1. The van der Waals surface area contributed by atoms with E-state index < -0.39 is 18.9 Å². The molecule has 1 rings (SSSR count). The zero-order valence-corrected chi connectivity index (χ0v) is 11.2. The van der Waals surface area contributed by atoms with Crippen molar-refractivity contribution in [3.05, 3.63) is 18.1 Å². The Morgan fingerprint density at radius 2 is 2.25 bits per heavy atom. The summed E-state index contributed by atoms with van der Waals surface area (Å²) in [5, 5.41) is 11.8. The maximum Gasteiger partial charge on any atom is 0.274 e. The molecule has 0 atom stereocenters. The average molecular weight is 288 g/mol. The minimum atomic E-state index is -2.67. The number of alkyl halides is 2. The Morgan fingerprint density at radius 3 is 2.85 bits per heavy atom. The predicted octanol–water partition coefficient (Wildman–Crippen LogP) is 0.998. The van der Waals surface area contributed by atoms with Crippen molar-refractivity contribution < 1.29 is 18.7 Å². The summed E-state index contributed by atoms with van der Waals surface area (Å²) in [5.41, 5.74) is -0.0276. The van der Waals surface area contributed by atoms with Crippen LogP contribution in [0, 0.1) is 0 Å². The molecule has 0 spiro atoms. The van der Waals surface area contributed by atoms with Gasteiger partial charge in [-0.3, -0.25) is 9.78 Å². The zero-order chi connectivity index (χ0) is 15.0. The molecule has 0 fully saturated rings. The topological polar surface area (TPSA) is 78.4 Å².